The summed E-state index contributed by atoms with van der Waals surface area (Å²) in [6, 6.07) is 0. The van der Waals surface area contributed by atoms with Crippen molar-refractivity contribution in [1.29, 1.82) is 0 Å². The molecule has 0 aliphatic carbocycles. The molecule has 0 aromatic heterocycles. The Morgan fingerprint density at radius 2 is 2.00 bits per heavy atom. The summed E-state index contributed by atoms with van der Waals surface area (Å²) >= 11 is 0.868. The molecular weight excluding hydrogens is 119 g/mol. The van der Waals surface area contributed by atoms with Crippen LogP contribution in [0.4, 0.5) is 0 Å². The van der Waals surface area contributed by atoms with Gasteiger partial charge in [0.25, 0.3) is 5.97 Å². The van der Waals surface area contributed by atoms with Gasteiger partial charge in [-0.15, -0.1) is 0 Å². The first-order valence-corrected chi connectivity index (χ1v) is 3.72. The largest absolute Gasteiger partial charge is 0.481 e. The van der Waals surface area contributed by atoms with Gasteiger partial charge >= 0.3 is 55.7 Å². The SMILES string of the molecule is C=[CH][K].CC(=O)O. The second kappa shape index (κ2) is 9.96. The van der Waals surface area contributed by atoms with Gasteiger partial charge in [0.05, 0.1) is 0 Å². The van der Waals surface area contributed by atoms with Gasteiger partial charge in [0.2, 0.25) is 0 Å². The Labute approximate surface area is 77.2 Å². The van der Waals surface area contributed by atoms with E-state index in [-0.39, 0.29) is 0 Å². The van der Waals surface area contributed by atoms with Crippen LogP contribution >= 0.6 is 0 Å². The van der Waals surface area contributed by atoms with Crippen molar-refractivity contribution in [2.75, 3.05) is 0 Å². The standard InChI is InChI=1S/C2H4O2.C2H3.K/c1-2(3)4;1-2;/h1H3,(H,3,4);1H,2H2;. The van der Waals surface area contributed by atoms with Crippen molar-refractivity contribution < 1.29 is 9.90 Å². The monoisotopic (exact) mass is 126 g/mol. The predicted molar refractivity (Wildman–Crippen MR) is 29.3 cm³/mol. The van der Waals surface area contributed by atoms with E-state index in [1.165, 1.54) is 0 Å². The molecule has 0 bridgehead atoms. The van der Waals surface area contributed by atoms with E-state index < -0.39 is 5.97 Å². The van der Waals surface area contributed by atoms with Crippen molar-refractivity contribution in [2.24, 2.45) is 0 Å². The third kappa shape index (κ3) is 224. The molecule has 1 N–H and O–H groups in total. The fraction of sp³-hybridized carbons (Fsp3) is 0.250. The van der Waals surface area contributed by atoms with Crippen LogP contribution in [0.1, 0.15) is 6.92 Å². The van der Waals surface area contributed by atoms with Crippen LogP contribution in [-0.4, -0.2) is 60.0 Å². The van der Waals surface area contributed by atoms with Crippen molar-refractivity contribution in [1.82, 2.24) is 0 Å². The van der Waals surface area contributed by atoms with E-state index in [0.29, 0.717) is 0 Å². The van der Waals surface area contributed by atoms with Crippen LogP contribution in [0, 0.1) is 0 Å². The first-order chi connectivity index (χ1) is 3.15. The second-order valence-corrected chi connectivity index (χ2v) is 2.20. The summed E-state index contributed by atoms with van der Waals surface area (Å²) in [7, 11) is 0. The zero-order valence-electron chi connectivity index (χ0n) is 4.64. The summed E-state index contributed by atoms with van der Waals surface area (Å²) in [6.45, 7) is 4.53. The second-order valence-electron chi connectivity index (χ2n) is 0.927. The van der Waals surface area contributed by atoms with Crippen LogP contribution in [0.5, 0.6) is 0 Å². The first-order valence-electron chi connectivity index (χ1n) is 1.91. The zero-order valence-corrected chi connectivity index (χ0v) is 7.76. The smallest absolute Gasteiger partial charge is 0.300 e. The van der Waals surface area contributed by atoms with E-state index in [9.17, 15) is 0 Å². The van der Waals surface area contributed by atoms with Gasteiger partial charge in [-0.05, 0) is 0 Å². The fourth-order valence-electron chi connectivity index (χ4n) is 0. The fourth-order valence-corrected chi connectivity index (χ4v) is 0. The van der Waals surface area contributed by atoms with Crippen LogP contribution in [0.2, 0.25) is 0 Å². The quantitative estimate of drug-likeness (QED) is 0.477. The topological polar surface area (TPSA) is 37.3 Å². The average molecular weight is 126 g/mol. The van der Waals surface area contributed by atoms with Crippen molar-refractivity contribution in [3.05, 3.63) is 6.75 Å². The minimum Gasteiger partial charge on any atom is -0.481 e. The first kappa shape index (κ1) is 10.8. The Kier molecular flexibility index (Phi) is 15.3. The van der Waals surface area contributed by atoms with Crippen molar-refractivity contribution in [2.45, 2.75) is 6.92 Å². The summed E-state index contributed by atoms with van der Waals surface area (Å²) in [4.78, 5) is 9.00. The normalized spacial score (nSPS) is 5.57. The molecule has 0 amide bonds. The average Bonchev–Trinajstić information content (AvgIpc) is 1.33. The number of hydrogen-bond acceptors (Lipinski definition) is 1. The molecule has 0 radical (unpaired) electrons. The summed E-state index contributed by atoms with van der Waals surface area (Å²) in [5, 5.41) is 7.42. The maximum atomic E-state index is 9.00. The van der Waals surface area contributed by atoms with Gasteiger partial charge in [-0.2, -0.15) is 0 Å². The minimum absolute atomic E-state index is 0.833. The number of carboxylic acids is 1. The van der Waals surface area contributed by atoms with Crippen molar-refractivity contribution >= 4 is 54.9 Å². The number of hydrogen-bond donors (Lipinski definition) is 1. The van der Waals surface area contributed by atoms with E-state index in [0.717, 1.165) is 55.9 Å². The van der Waals surface area contributed by atoms with E-state index >= 15 is 0 Å². The summed E-state index contributed by atoms with van der Waals surface area (Å²) < 4.78 is 1.94. The molecule has 0 atom stereocenters. The van der Waals surface area contributed by atoms with Crippen LogP contribution < -0.4 is 0 Å². The Morgan fingerprint density at radius 1 is 2.00 bits per heavy atom. The van der Waals surface area contributed by atoms with Gasteiger partial charge in [-0.3, -0.25) is 4.79 Å². The molecular formula is C4H7KO2. The Balaban J connectivity index is 0. The van der Waals surface area contributed by atoms with E-state index in [1.54, 1.807) is 0 Å². The Bertz CT molecular complexity index is 56.7. The van der Waals surface area contributed by atoms with Gasteiger partial charge < -0.3 is 5.11 Å². The maximum Gasteiger partial charge on any atom is 0.300 e. The molecule has 7 heavy (non-hydrogen) atoms. The third-order valence-corrected chi connectivity index (χ3v) is 0. The molecule has 36 valence electrons. The molecule has 2 nitrogen and oxygen atoms in total. The molecule has 0 aromatic carbocycles. The van der Waals surface area contributed by atoms with Crippen LogP contribution in [-0.2, 0) is 4.79 Å². The van der Waals surface area contributed by atoms with Crippen LogP contribution in [0.25, 0.3) is 0 Å². The van der Waals surface area contributed by atoms with E-state index in [2.05, 4.69) is 6.58 Å². The van der Waals surface area contributed by atoms with Gasteiger partial charge in [0.15, 0.2) is 0 Å². The van der Waals surface area contributed by atoms with E-state index in [1.807, 2.05) is 0.171 Å². The molecule has 0 fully saturated rings. The third-order valence-electron chi connectivity index (χ3n) is 0. The minimum atomic E-state index is -0.833. The van der Waals surface area contributed by atoms with Gasteiger partial charge in [-0.25, -0.2) is 0 Å². The van der Waals surface area contributed by atoms with Gasteiger partial charge in [-0.1, -0.05) is 0 Å². The molecule has 0 aliphatic rings. The Hall–Kier alpha value is 0.846. The molecule has 3 heteroatoms. The molecule has 0 unspecified atom stereocenters. The molecule has 0 aromatic rings. The van der Waals surface area contributed by atoms with Crippen LogP contribution in [0.15, 0.2) is 6.75 Å². The van der Waals surface area contributed by atoms with Crippen molar-refractivity contribution in [3.8, 4) is 0 Å². The van der Waals surface area contributed by atoms with Gasteiger partial charge in [0, 0.05) is 6.92 Å². The predicted octanol–water partition coefficient (Wildman–Crippen LogP) is 0.389. The zero-order chi connectivity index (χ0) is 6.28. The number of rotatable bonds is 0. The number of carbonyl (C=O) groups is 1. The summed E-state index contributed by atoms with van der Waals surface area (Å²) in [5.74, 6) is -0.833. The number of carboxylic acid groups (broad SMARTS) is 1. The maximum absolute atomic E-state index is 9.00. The van der Waals surface area contributed by atoms with Gasteiger partial charge in [0.1, 0.15) is 0 Å². The Morgan fingerprint density at radius 3 is 2.00 bits per heavy atom. The number of aliphatic carboxylic acids is 1. The van der Waals surface area contributed by atoms with E-state index in [4.69, 9.17) is 9.90 Å². The molecule has 0 saturated heterocycles. The molecule has 0 aliphatic heterocycles. The van der Waals surface area contributed by atoms with Crippen LogP contribution in [0.3, 0.4) is 0 Å². The summed E-state index contributed by atoms with van der Waals surface area (Å²) in [5.41, 5.74) is 0. The van der Waals surface area contributed by atoms with Crippen molar-refractivity contribution in [3.63, 3.8) is 0 Å². The molecule has 0 spiro atoms. The molecule has 0 heterocycles. The summed E-state index contributed by atoms with van der Waals surface area (Å²) in [6.07, 6.45) is 0. The molecule has 0 saturated carbocycles. The molecule has 0 rings (SSSR count).